The predicted octanol–water partition coefficient (Wildman–Crippen LogP) is 0.694. The van der Waals surface area contributed by atoms with Crippen LogP contribution in [0.5, 0.6) is 0 Å². The molecule has 0 aromatic heterocycles. The van der Waals surface area contributed by atoms with E-state index in [-0.39, 0.29) is 6.61 Å². The molecule has 1 fully saturated rings. The molecule has 5 nitrogen and oxygen atoms in total. The van der Waals surface area contributed by atoms with Crippen molar-refractivity contribution < 1.29 is 24.4 Å². The summed E-state index contributed by atoms with van der Waals surface area (Å²) in [6.45, 7) is 0.287. The summed E-state index contributed by atoms with van der Waals surface area (Å²) < 4.78 is 16.3. The lowest BCUT2D eigenvalue weighted by Gasteiger charge is -2.37. The third-order valence-corrected chi connectivity index (χ3v) is 2.96. The first-order chi connectivity index (χ1) is 8.74. The minimum absolute atomic E-state index is 0.287. The third kappa shape index (κ3) is 2.13. The van der Waals surface area contributed by atoms with Crippen molar-refractivity contribution in [2.75, 3.05) is 6.61 Å². The van der Waals surface area contributed by atoms with Gasteiger partial charge in [-0.15, -0.1) is 0 Å². The fourth-order valence-corrected chi connectivity index (χ4v) is 2.02. The molecule has 2 aliphatic heterocycles. The second-order valence-electron chi connectivity index (χ2n) is 4.27. The van der Waals surface area contributed by atoms with Crippen LogP contribution in [-0.2, 0) is 14.2 Å². The Hall–Kier alpha value is -1.40. The molecule has 3 rings (SSSR count). The van der Waals surface area contributed by atoms with Crippen LogP contribution in [0.1, 0.15) is 11.9 Å². The maximum absolute atomic E-state index is 9.50. The summed E-state index contributed by atoms with van der Waals surface area (Å²) in [5.74, 6) is 0.507. The van der Waals surface area contributed by atoms with E-state index in [9.17, 15) is 10.2 Å². The number of ether oxygens (including phenoxy) is 3. The Bertz CT molecular complexity index is 444. The Kier molecular flexibility index (Phi) is 3.05. The lowest BCUT2D eigenvalue weighted by atomic mass is 10.1. The van der Waals surface area contributed by atoms with Crippen LogP contribution in [0, 0.1) is 0 Å². The molecule has 0 radical (unpaired) electrons. The number of aliphatic hydroxyl groups excluding tert-OH is 2. The quantitative estimate of drug-likeness (QED) is 0.767. The second-order valence-corrected chi connectivity index (χ2v) is 4.27. The minimum atomic E-state index is -1.22. The Morgan fingerprint density at radius 3 is 2.67 bits per heavy atom. The van der Waals surface area contributed by atoms with Gasteiger partial charge in [0.05, 0.1) is 6.61 Å². The van der Waals surface area contributed by atoms with Gasteiger partial charge in [-0.1, -0.05) is 30.3 Å². The third-order valence-electron chi connectivity index (χ3n) is 2.96. The standard InChI is InChI=1S/C13H14O5/c14-9-6-10-11(17-12(9)15)7-16-13(18-10)8-4-2-1-3-5-8/h1-6,9,11-15H,7H2/t9-,11-,12-,13?/m1/s1. The summed E-state index contributed by atoms with van der Waals surface area (Å²) in [5, 5.41) is 18.9. The van der Waals surface area contributed by atoms with E-state index < -0.39 is 24.8 Å². The monoisotopic (exact) mass is 250 g/mol. The van der Waals surface area contributed by atoms with Crippen molar-refractivity contribution in [3.05, 3.63) is 47.7 Å². The van der Waals surface area contributed by atoms with Crippen LogP contribution in [0.2, 0.25) is 0 Å². The van der Waals surface area contributed by atoms with Crippen LogP contribution < -0.4 is 0 Å². The van der Waals surface area contributed by atoms with Gasteiger partial charge in [0.2, 0.25) is 6.29 Å². The van der Waals surface area contributed by atoms with Gasteiger partial charge in [0, 0.05) is 5.56 Å². The molecule has 0 saturated carbocycles. The SMILES string of the molecule is O[C@@H]1C=C2OC(c3ccccc3)OC[C@H]2O[C@H]1O. The van der Waals surface area contributed by atoms with Gasteiger partial charge in [0.15, 0.2) is 6.29 Å². The Morgan fingerprint density at radius 2 is 1.89 bits per heavy atom. The maximum Gasteiger partial charge on any atom is 0.226 e. The summed E-state index contributed by atoms with van der Waals surface area (Å²) in [6, 6.07) is 9.52. The van der Waals surface area contributed by atoms with Gasteiger partial charge >= 0.3 is 0 Å². The van der Waals surface area contributed by atoms with E-state index in [4.69, 9.17) is 14.2 Å². The first kappa shape index (κ1) is 11.7. The fraction of sp³-hybridized carbons (Fsp3) is 0.385. The molecule has 96 valence electrons. The zero-order valence-corrected chi connectivity index (χ0v) is 9.60. The molecular formula is C13H14O5. The molecule has 18 heavy (non-hydrogen) atoms. The van der Waals surface area contributed by atoms with E-state index >= 15 is 0 Å². The number of hydrogen-bond acceptors (Lipinski definition) is 5. The van der Waals surface area contributed by atoms with Crippen molar-refractivity contribution in [2.24, 2.45) is 0 Å². The van der Waals surface area contributed by atoms with Crippen molar-refractivity contribution in [2.45, 2.75) is 24.8 Å². The van der Waals surface area contributed by atoms with Crippen molar-refractivity contribution in [3.8, 4) is 0 Å². The van der Waals surface area contributed by atoms with Gasteiger partial charge in [-0.05, 0) is 6.08 Å². The van der Waals surface area contributed by atoms with Gasteiger partial charge in [0.25, 0.3) is 0 Å². The summed E-state index contributed by atoms with van der Waals surface area (Å²) >= 11 is 0. The van der Waals surface area contributed by atoms with E-state index in [2.05, 4.69) is 0 Å². The van der Waals surface area contributed by atoms with Gasteiger partial charge < -0.3 is 24.4 Å². The molecule has 0 amide bonds. The molecule has 0 bridgehead atoms. The van der Waals surface area contributed by atoms with E-state index in [0.717, 1.165) is 5.56 Å². The Balaban J connectivity index is 1.79. The lowest BCUT2D eigenvalue weighted by molar-refractivity contribution is -0.254. The van der Waals surface area contributed by atoms with Crippen molar-refractivity contribution in [1.82, 2.24) is 0 Å². The Labute approximate surface area is 104 Å². The number of aliphatic hydroxyl groups is 2. The Morgan fingerprint density at radius 1 is 1.11 bits per heavy atom. The molecule has 4 atom stereocenters. The highest BCUT2D eigenvalue weighted by atomic mass is 16.7. The first-order valence-electron chi connectivity index (χ1n) is 5.80. The molecule has 1 saturated heterocycles. The molecule has 1 aromatic carbocycles. The molecule has 2 heterocycles. The van der Waals surface area contributed by atoms with Crippen LogP contribution >= 0.6 is 0 Å². The molecule has 0 spiro atoms. The lowest BCUT2D eigenvalue weighted by Crippen LogP contribution is -2.43. The minimum Gasteiger partial charge on any atom is -0.462 e. The van der Waals surface area contributed by atoms with Gasteiger partial charge in [-0.25, -0.2) is 0 Å². The van der Waals surface area contributed by atoms with Crippen LogP contribution in [0.4, 0.5) is 0 Å². The van der Waals surface area contributed by atoms with E-state index in [1.807, 2.05) is 30.3 Å². The second kappa shape index (κ2) is 4.70. The van der Waals surface area contributed by atoms with E-state index in [1.165, 1.54) is 6.08 Å². The molecular weight excluding hydrogens is 236 g/mol. The predicted molar refractivity (Wildman–Crippen MR) is 61.2 cm³/mol. The largest absolute Gasteiger partial charge is 0.462 e. The van der Waals surface area contributed by atoms with Crippen LogP contribution in [0.15, 0.2) is 42.2 Å². The fourth-order valence-electron chi connectivity index (χ4n) is 2.02. The maximum atomic E-state index is 9.50. The highest BCUT2D eigenvalue weighted by Gasteiger charge is 2.36. The highest BCUT2D eigenvalue weighted by Crippen LogP contribution is 2.32. The summed E-state index contributed by atoms with van der Waals surface area (Å²) in [4.78, 5) is 0. The van der Waals surface area contributed by atoms with Crippen LogP contribution in [0.3, 0.4) is 0 Å². The first-order valence-corrected chi connectivity index (χ1v) is 5.80. The van der Waals surface area contributed by atoms with E-state index in [0.29, 0.717) is 5.76 Å². The topological polar surface area (TPSA) is 68.2 Å². The normalized spacial score (nSPS) is 35.3. The number of hydrogen-bond donors (Lipinski definition) is 2. The van der Waals surface area contributed by atoms with E-state index in [1.54, 1.807) is 0 Å². The average Bonchev–Trinajstić information content (AvgIpc) is 2.41. The zero-order chi connectivity index (χ0) is 12.5. The van der Waals surface area contributed by atoms with Crippen molar-refractivity contribution in [3.63, 3.8) is 0 Å². The molecule has 0 aliphatic carbocycles. The average molecular weight is 250 g/mol. The summed E-state index contributed by atoms with van der Waals surface area (Å²) in [7, 11) is 0. The molecule has 1 aromatic rings. The number of fused-ring (bicyclic) bond motifs is 1. The molecule has 5 heteroatoms. The van der Waals surface area contributed by atoms with Crippen LogP contribution in [-0.4, -0.2) is 35.3 Å². The molecule has 2 N–H and O–H groups in total. The zero-order valence-electron chi connectivity index (χ0n) is 9.60. The van der Waals surface area contributed by atoms with Gasteiger partial charge in [-0.3, -0.25) is 0 Å². The summed E-state index contributed by atoms with van der Waals surface area (Å²) in [5.41, 5.74) is 0.900. The van der Waals surface area contributed by atoms with Crippen LogP contribution in [0.25, 0.3) is 0 Å². The van der Waals surface area contributed by atoms with Gasteiger partial charge in [0.1, 0.15) is 18.0 Å². The van der Waals surface area contributed by atoms with Crippen molar-refractivity contribution in [1.29, 1.82) is 0 Å². The van der Waals surface area contributed by atoms with Gasteiger partial charge in [-0.2, -0.15) is 0 Å². The highest BCUT2D eigenvalue weighted by molar-refractivity contribution is 5.19. The molecule has 1 unspecified atom stereocenters. The summed E-state index contributed by atoms with van der Waals surface area (Å²) in [6.07, 6.45) is -1.77. The smallest absolute Gasteiger partial charge is 0.226 e. The van der Waals surface area contributed by atoms with Crippen molar-refractivity contribution >= 4 is 0 Å². The number of rotatable bonds is 1. The number of benzene rings is 1. The molecule has 2 aliphatic rings.